The first-order valence-electron chi connectivity index (χ1n) is 6.11. The highest BCUT2D eigenvalue weighted by Crippen LogP contribution is 2.25. The number of halogens is 3. The van der Waals surface area contributed by atoms with E-state index in [1.54, 1.807) is 0 Å². The Morgan fingerprint density at radius 1 is 1.20 bits per heavy atom. The fourth-order valence-electron chi connectivity index (χ4n) is 1.90. The molecule has 0 saturated heterocycles. The number of aryl methyl sites for hydroxylation is 1. The summed E-state index contributed by atoms with van der Waals surface area (Å²) in [5.41, 5.74) is 1.53. The molecule has 0 aliphatic carbocycles. The van der Waals surface area contributed by atoms with Crippen LogP contribution >= 0.6 is 15.9 Å². The number of hydrogen-bond acceptors (Lipinski definition) is 2. The van der Waals surface area contributed by atoms with Gasteiger partial charge in [0.2, 0.25) is 0 Å². The molecule has 2 aromatic rings. The summed E-state index contributed by atoms with van der Waals surface area (Å²) < 4.78 is 27.9. The summed E-state index contributed by atoms with van der Waals surface area (Å²) in [6.45, 7) is 1.97. The van der Waals surface area contributed by atoms with Crippen molar-refractivity contribution in [2.75, 3.05) is 11.9 Å². The summed E-state index contributed by atoms with van der Waals surface area (Å²) >= 11 is 3.39. The molecule has 1 atom stereocenters. The zero-order chi connectivity index (χ0) is 14.7. The number of hydrogen-bond donors (Lipinski definition) is 2. The highest BCUT2D eigenvalue weighted by atomic mass is 79.9. The lowest BCUT2D eigenvalue weighted by Gasteiger charge is -2.15. The third-order valence-corrected chi connectivity index (χ3v) is 3.60. The smallest absolute Gasteiger partial charge is 0.132 e. The largest absolute Gasteiger partial charge is 0.386 e. The van der Waals surface area contributed by atoms with E-state index in [9.17, 15) is 13.9 Å². The van der Waals surface area contributed by atoms with Gasteiger partial charge in [-0.05, 0) is 52.7 Å². The van der Waals surface area contributed by atoms with E-state index in [1.165, 1.54) is 6.07 Å². The summed E-state index contributed by atoms with van der Waals surface area (Å²) in [5.74, 6) is -1.50. The molecule has 0 bridgehead atoms. The standard InChI is InChI=1S/C15H14BrF2NO/c1-9-5-6-13(10(16)7-9)19-8-14(20)15-11(17)3-2-4-12(15)18/h2-7,14,19-20H,8H2,1H3. The normalized spacial score (nSPS) is 12.2. The lowest BCUT2D eigenvalue weighted by molar-refractivity contribution is 0.181. The Kier molecular flexibility index (Phi) is 4.73. The second-order valence-corrected chi connectivity index (χ2v) is 5.37. The van der Waals surface area contributed by atoms with Crippen LogP contribution in [0, 0.1) is 18.6 Å². The Hall–Kier alpha value is -1.46. The van der Waals surface area contributed by atoms with Crippen LogP contribution in [0.25, 0.3) is 0 Å². The molecule has 2 rings (SSSR count). The van der Waals surface area contributed by atoms with E-state index in [-0.39, 0.29) is 12.1 Å². The Morgan fingerprint density at radius 2 is 1.85 bits per heavy atom. The number of nitrogens with one attached hydrogen (secondary N) is 1. The van der Waals surface area contributed by atoms with E-state index in [0.29, 0.717) is 0 Å². The molecule has 1 unspecified atom stereocenters. The van der Waals surface area contributed by atoms with E-state index in [1.807, 2.05) is 25.1 Å². The minimum Gasteiger partial charge on any atom is -0.386 e. The molecule has 0 aliphatic heterocycles. The number of rotatable bonds is 4. The van der Waals surface area contributed by atoms with Gasteiger partial charge in [0.1, 0.15) is 17.7 Å². The maximum Gasteiger partial charge on any atom is 0.132 e. The molecule has 0 aliphatic rings. The van der Waals surface area contributed by atoms with Crippen LogP contribution in [-0.4, -0.2) is 11.7 Å². The van der Waals surface area contributed by atoms with E-state index in [0.717, 1.165) is 27.9 Å². The third-order valence-electron chi connectivity index (χ3n) is 2.94. The van der Waals surface area contributed by atoms with Crippen LogP contribution in [0.1, 0.15) is 17.2 Å². The van der Waals surface area contributed by atoms with Gasteiger partial charge in [0.05, 0.1) is 5.56 Å². The van der Waals surface area contributed by atoms with E-state index in [2.05, 4.69) is 21.2 Å². The van der Waals surface area contributed by atoms with Crippen molar-refractivity contribution in [3.05, 3.63) is 63.6 Å². The fourth-order valence-corrected chi connectivity index (χ4v) is 2.53. The topological polar surface area (TPSA) is 32.3 Å². The highest BCUT2D eigenvalue weighted by Gasteiger charge is 2.17. The fraction of sp³-hybridized carbons (Fsp3) is 0.200. The molecule has 0 radical (unpaired) electrons. The maximum absolute atomic E-state index is 13.5. The monoisotopic (exact) mass is 341 g/mol. The molecule has 2 aromatic carbocycles. The molecule has 2 nitrogen and oxygen atoms in total. The minimum absolute atomic E-state index is 0.0134. The van der Waals surface area contributed by atoms with Gasteiger partial charge in [-0.1, -0.05) is 12.1 Å². The van der Waals surface area contributed by atoms with Crippen LogP contribution in [-0.2, 0) is 0 Å². The molecular weight excluding hydrogens is 328 g/mol. The van der Waals surface area contributed by atoms with Crippen LogP contribution in [0.2, 0.25) is 0 Å². The van der Waals surface area contributed by atoms with Gasteiger partial charge in [-0.2, -0.15) is 0 Å². The van der Waals surface area contributed by atoms with Gasteiger partial charge in [0.15, 0.2) is 0 Å². The minimum atomic E-state index is -1.26. The molecule has 0 heterocycles. The molecule has 20 heavy (non-hydrogen) atoms. The van der Waals surface area contributed by atoms with Gasteiger partial charge in [0, 0.05) is 16.7 Å². The van der Waals surface area contributed by atoms with Gasteiger partial charge in [-0.3, -0.25) is 0 Å². The number of anilines is 1. The first-order chi connectivity index (χ1) is 9.49. The Labute approximate surface area is 124 Å². The van der Waals surface area contributed by atoms with Crippen molar-refractivity contribution in [2.45, 2.75) is 13.0 Å². The summed E-state index contributed by atoms with van der Waals surface area (Å²) in [6.07, 6.45) is -1.26. The van der Waals surface area contributed by atoms with E-state index in [4.69, 9.17) is 0 Å². The first kappa shape index (κ1) is 14.9. The van der Waals surface area contributed by atoms with Gasteiger partial charge >= 0.3 is 0 Å². The molecule has 2 N–H and O–H groups in total. The van der Waals surface area contributed by atoms with Gasteiger partial charge in [-0.15, -0.1) is 0 Å². The summed E-state index contributed by atoms with van der Waals surface area (Å²) in [6, 6.07) is 9.18. The van der Waals surface area contributed by atoms with E-state index < -0.39 is 17.7 Å². The average molecular weight is 342 g/mol. The van der Waals surface area contributed by atoms with Crippen molar-refractivity contribution in [2.24, 2.45) is 0 Å². The van der Waals surface area contributed by atoms with Crippen molar-refractivity contribution in [1.29, 1.82) is 0 Å². The second kappa shape index (κ2) is 6.33. The van der Waals surface area contributed by atoms with Crippen LogP contribution in [0.15, 0.2) is 40.9 Å². The average Bonchev–Trinajstić information content (AvgIpc) is 2.37. The lowest BCUT2D eigenvalue weighted by atomic mass is 10.1. The molecule has 0 amide bonds. The SMILES string of the molecule is Cc1ccc(NCC(O)c2c(F)cccc2F)c(Br)c1. The van der Waals surface area contributed by atoms with Crippen molar-refractivity contribution in [1.82, 2.24) is 0 Å². The number of benzene rings is 2. The summed E-state index contributed by atoms with van der Waals surface area (Å²) in [4.78, 5) is 0. The molecule has 0 saturated carbocycles. The van der Waals surface area contributed by atoms with Crippen LogP contribution in [0.4, 0.5) is 14.5 Å². The van der Waals surface area contributed by atoms with Crippen LogP contribution in [0.3, 0.4) is 0 Å². The van der Waals surface area contributed by atoms with Gasteiger partial charge in [-0.25, -0.2) is 8.78 Å². The van der Waals surface area contributed by atoms with Gasteiger partial charge in [0.25, 0.3) is 0 Å². The van der Waals surface area contributed by atoms with Crippen molar-refractivity contribution >= 4 is 21.6 Å². The molecule has 106 valence electrons. The molecular formula is C15H14BrF2NO. The number of aliphatic hydroxyl groups excluding tert-OH is 1. The van der Waals surface area contributed by atoms with E-state index >= 15 is 0 Å². The second-order valence-electron chi connectivity index (χ2n) is 4.52. The zero-order valence-corrected chi connectivity index (χ0v) is 12.4. The molecule has 0 spiro atoms. The van der Waals surface area contributed by atoms with Crippen molar-refractivity contribution in [3.8, 4) is 0 Å². The van der Waals surface area contributed by atoms with Crippen molar-refractivity contribution < 1.29 is 13.9 Å². The third kappa shape index (κ3) is 3.35. The highest BCUT2D eigenvalue weighted by molar-refractivity contribution is 9.10. The predicted octanol–water partition coefficient (Wildman–Crippen LogP) is 4.18. The maximum atomic E-state index is 13.5. The van der Waals surface area contributed by atoms with Crippen LogP contribution < -0.4 is 5.32 Å². The van der Waals surface area contributed by atoms with Crippen LogP contribution in [0.5, 0.6) is 0 Å². The Morgan fingerprint density at radius 3 is 2.45 bits per heavy atom. The first-order valence-corrected chi connectivity index (χ1v) is 6.90. The molecule has 0 fully saturated rings. The number of aliphatic hydroxyl groups is 1. The quantitative estimate of drug-likeness (QED) is 0.874. The Balaban J connectivity index is 2.11. The van der Waals surface area contributed by atoms with Gasteiger partial charge < -0.3 is 10.4 Å². The molecule has 0 aromatic heterocycles. The Bertz CT molecular complexity index is 599. The predicted molar refractivity (Wildman–Crippen MR) is 78.7 cm³/mol. The summed E-state index contributed by atoms with van der Waals surface area (Å²) in [7, 11) is 0. The zero-order valence-electron chi connectivity index (χ0n) is 10.8. The lowest BCUT2D eigenvalue weighted by Crippen LogP contribution is -2.15. The summed E-state index contributed by atoms with van der Waals surface area (Å²) in [5, 5.41) is 12.9. The van der Waals surface area contributed by atoms with Crippen molar-refractivity contribution in [3.63, 3.8) is 0 Å². The molecule has 5 heteroatoms.